The summed E-state index contributed by atoms with van der Waals surface area (Å²) >= 11 is 0. The summed E-state index contributed by atoms with van der Waals surface area (Å²) in [6.07, 6.45) is 0.681. The number of hydrogen-bond acceptors (Lipinski definition) is 2. The molecule has 0 saturated carbocycles. The summed E-state index contributed by atoms with van der Waals surface area (Å²) in [5.74, 6) is 1.51. The van der Waals surface area contributed by atoms with Gasteiger partial charge in [-0.05, 0) is 24.2 Å². The van der Waals surface area contributed by atoms with Crippen LogP contribution in [0.3, 0.4) is 0 Å². The molecule has 4 heteroatoms. The van der Waals surface area contributed by atoms with Gasteiger partial charge in [-0.25, -0.2) is 0 Å². The predicted molar refractivity (Wildman–Crippen MR) is 72.0 cm³/mol. The molecule has 1 rings (SSSR count). The Labute approximate surface area is 110 Å². The van der Waals surface area contributed by atoms with Crippen LogP contribution in [-0.4, -0.2) is 35.8 Å². The predicted octanol–water partition coefficient (Wildman–Crippen LogP) is 1.65. The third kappa shape index (κ3) is 3.24. The van der Waals surface area contributed by atoms with E-state index in [-0.39, 0.29) is 24.4 Å². The van der Waals surface area contributed by atoms with Crippen LogP contribution in [0.4, 0.5) is 0 Å². The Balaban J connectivity index is 2.83. The first-order chi connectivity index (χ1) is 8.38. The fourth-order valence-corrected chi connectivity index (χ4v) is 2.75. The topological polar surface area (TPSA) is 49.4 Å². The Morgan fingerprint density at radius 1 is 1.22 bits per heavy atom. The Morgan fingerprint density at radius 2 is 1.78 bits per heavy atom. The molecule has 18 heavy (non-hydrogen) atoms. The van der Waals surface area contributed by atoms with Crippen molar-refractivity contribution in [2.24, 2.45) is 17.8 Å². The highest BCUT2D eigenvalue weighted by molar-refractivity contribution is 5.94. The molecule has 4 nitrogen and oxygen atoms in total. The summed E-state index contributed by atoms with van der Waals surface area (Å²) in [6, 6.07) is -0.286. The van der Waals surface area contributed by atoms with E-state index in [4.69, 9.17) is 0 Å². The number of nitrogens with one attached hydrogen (secondary N) is 1. The van der Waals surface area contributed by atoms with Crippen molar-refractivity contribution in [3.63, 3.8) is 0 Å². The maximum Gasteiger partial charge on any atom is 0.243 e. The van der Waals surface area contributed by atoms with Crippen molar-refractivity contribution >= 4 is 11.8 Å². The molecule has 104 valence electrons. The van der Waals surface area contributed by atoms with Crippen LogP contribution in [-0.2, 0) is 9.59 Å². The van der Waals surface area contributed by atoms with Crippen molar-refractivity contribution < 1.29 is 9.59 Å². The maximum atomic E-state index is 12.0. The molecule has 1 heterocycles. The van der Waals surface area contributed by atoms with E-state index in [2.05, 4.69) is 33.0 Å². The summed E-state index contributed by atoms with van der Waals surface area (Å²) in [6.45, 7) is 11.5. The lowest BCUT2D eigenvalue weighted by molar-refractivity contribution is -0.146. The van der Waals surface area contributed by atoms with E-state index < -0.39 is 0 Å². The Bertz CT molecular complexity index is 305. The van der Waals surface area contributed by atoms with Crippen molar-refractivity contribution in [3.8, 4) is 0 Å². The highest BCUT2D eigenvalue weighted by Gasteiger charge is 2.35. The van der Waals surface area contributed by atoms with Crippen LogP contribution in [0, 0.1) is 17.8 Å². The maximum absolute atomic E-state index is 12.0. The van der Waals surface area contributed by atoms with Gasteiger partial charge in [-0.1, -0.05) is 34.6 Å². The lowest BCUT2D eigenvalue weighted by atomic mass is 9.84. The molecule has 0 aromatic rings. The van der Waals surface area contributed by atoms with Gasteiger partial charge in [0.25, 0.3) is 0 Å². The monoisotopic (exact) mass is 254 g/mol. The van der Waals surface area contributed by atoms with Gasteiger partial charge in [-0.15, -0.1) is 0 Å². The van der Waals surface area contributed by atoms with Crippen LogP contribution in [0.5, 0.6) is 0 Å². The molecule has 1 atom stereocenters. The zero-order valence-corrected chi connectivity index (χ0v) is 12.2. The highest BCUT2D eigenvalue weighted by Crippen LogP contribution is 2.24. The molecule has 1 saturated heterocycles. The number of hydrogen-bond donors (Lipinski definition) is 1. The van der Waals surface area contributed by atoms with E-state index in [1.54, 1.807) is 4.90 Å². The lowest BCUT2D eigenvalue weighted by Gasteiger charge is -2.39. The van der Waals surface area contributed by atoms with E-state index in [9.17, 15) is 9.59 Å². The molecule has 1 aliphatic rings. The third-order valence-electron chi connectivity index (χ3n) is 3.92. The zero-order chi connectivity index (χ0) is 13.9. The summed E-state index contributed by atoms with van der Waals surface area (Å²) in [5, 5.41) is 2.66. The van der Waals surface area contributed by atoms with Crippen molar-refractivity contribution in [1.29, 1.82) is 0 Å². The largest absolute Gasteiger partial charge is 0.345 e. The standard InChI is InChI=1S/C14H26N2O2/c1-6-12-14(18)15-7-13(17)16(12)8-11(9(2)3)10(4)5/h9-12H,6-8H2,1-5H3,(H,15,18). The Hall–Kier alpha value is -1.06. The molecule has 0 aliphatic carbocycles. The summed E-state index contributed by atoms with van der Waals surface area (Å²) in [5.41, 5.74) is 0. The molecule has 0 spiro atoms. The summed E-state index contributed by atoms with van der Waals surface area (Å²) < 4.78 is 0. The highest BCUT2D eigenvalue weighted by atomic mass is 16.2. The van der Waals surface area contributed by atoms with Crippen molar-refractivity contribution in [2.75, 3.05) is 13.1 Å². The van der Waals surface area contributed by atoms with Crippen molar-refractivity contribution in [1.82, 2.24) is 10.2 Å². The fraction of sp³-hybridized carbons (Fsp3) is 0.857. The van der Waals surface area contributed by atoms with Gasteiger partial charge in [0, 0.05) is 6.54 Å². The van der Waals surface area contributed by atoms with Crippen molar-refractivity contribution in [2.45, 2.75) is 47.1 Å². The molecule has 0 aromatic carbocycles. The van der Waals surface area contributed by atoms with Gasteiger partial charge in [0.1, 0.15) is 6.04 Å². The van der Waals surface area contributed by atoms with Gasteiger partial charge in [0.15, 0.2) is 0 Å². The fourth-order valence-electron chi connectivity index (χ4n) is 2.75. The minimum atomic E-state index is -0.286. The number of carbonyl (C=O) groups is 2. The minimum Gasteiger partial charge on any atom is -0.345 e. The lowest BCUT2D eigenvalue weighted by Crippen LogP contribution is -2.59. The van der Waals surface area contributed by atoms with E-state index in [1.807, 2.05) is 6.92 Å². The van der Waals surface area contributed by atoms with Gasteiger partial charge in [0.05, 0.1) is 6.54 Å². The molecule has 1 aliphatic heterocycles. The van der Waals surface area contributed by atoms with Crippen LogP contribution < -0.4 is 5.32 Å². The van der Waals surface area contributed by atoms with Gasteiger partial charge >= 0.3 is 0 Å². The molecule has 1 N–H and O–H groups in total. The van der Waals surface area contributed by atoms with Crippen LogP contribution >= 0.6 is 0 Å². The first-order valence-corrected chi connectivity index (χ1v) is 6.95. The quantitative estimate of drug-likeness (QED) is 0.811. The van der Waals surface area contributed by atoms with E-state index >= 15 is 0 Å². The van der Waals surface area contributed by atoms with Gasteiger partial charge in [-0.2, -0.15) is 0 Å². The van der Waals surface area contributed by atoms with E-state index in [0.717, 1.165) is 0 Å². The molecule has 0 bridgehead atoms. The molecular formula is C14H26N2O2. The van der Waals surface area contributed by atoms with E-state index in [0.29, 0.717) is 30.7 Å². The molecule has 0 radical (unpaired) electrons. The number of nitrogens with zero attached hydrogens (tertiary/aromatic N) is 1. The Morgan fingerprint density at radius 3 is 2.22 bits per heavy atom. The van der Waals surface area contributed by atoms with Crippen molar-refractivity contribution in [3.05, 3.63) is 0 Å². The molecule has 0 aromatic heterocycles. The first kappa shape index (κ1) is 15.0. The second kappa shape index (κ2) is 6.21. The molecular weight excluding hydrogens is 228 g/mol. The number of carbonyl (C=O) groups excluding carboxylic acids is 2. The third-order valence-corrected chi connectivity index (χ3v) is 3.92. The Kier molecular flexibility index (Phi) is 5.17. The minimum absolute atomic E-state index is 0.0108. The SMILES string of the molecule is CCC1C(=O)NCC(=O)N1CC(C(C)C)C(C)C. The van der Waals surface area contributed by atoms with Gasteiger partial charge < -0.3 is 10.2 Å². The van der Waals surface area contributed by atoms with Gasteiger partial charge in [0.2, 0.25) is 11.8 Å². The normalized spacial score (nSPS) is 21.1. The number of rotatable bonds is 5. The number of amides is 2. The second-order valence-corrected chi connectivity index (χ2v) is 5.84. The van der Waals surface area contributed by atoms with Crippen LogP contribution in [0.15, 0.2) is 0 Å². The van der Waals surface area contributed by atoms with Crippen LogP contribution in [0.1, 0.15) is 41.0 Å². The average Bonchev–Trinajstić information content (AvgIpc) is 2.28. The van der Waals surface area contributed by atoms with Crippen LogP contribution in [0.2, 0.25) is 0 Å². The van der Waals surface area contributed by atoms with E-state index in [1.165, 1.54) is 0 Å². The summed E-state index contributed by atoms with van der Waals surface area (Å²) in [4.78, 5) is 25.6. The second-order valence-electron chi connectivity index (χ2n) is 5.84. The molecule has 1 unspecified atom stereocenters. The molecule has 1 fully saturated rings. The summed E-state index contributed by atoms with van der Waals surface area (Å²) in [7, 11) is 0. The smallest absolute Gasteiger partial charge is 0.243 e. The molecule has 2 amide bonds. The zero-order valence-electron chi connectivity index (χ0n) is 12.2. The number of piperazine rings is 1. The first-order valence-electron chi connectivity index (χ1n) is 6.95. The van der Waals surface area contributed by atoms with Gasteiger partial charge in [-0.3, -0.25) is 9.59 Å². The van der Waals surface area contributed by atoms with Crippen LogP contribution in [0.25, 0.3) is 0 Å². The average molecular weight is 254 g/mol.